The molecule has 0 radical (unpaired) electrons. The number of thiophene rings is 1. The zero-order valence-electron chi connectivity index (χ0n) is 10.7. The van der Waals surface area contributed by atoms with E-state index in [0.717, 1.165) is 11.1 Å². The van der Waals surface area contributed by atoms with Crippen molar-refractivity contribution in [1.82, 2.24) is 0 Å². The van der Waals surface area contributed by atoms with Gasteiger partial charge in [-0.25, -0.2) is 4.79 Å². The molecule has 2 nitrogen and oxygen atoms in total. The molecule has 98 valence electrons. The van der Waals surface area contributed by atoms with Crippen LogP contribution in [0.5, 0.6) is 5.75 Å². The van der Waals surface area contributed by atoms with Gasteiger partial charge < -0.3 is 4.74 Å². The third kappa shape index (κ3) is 2.78. The van der Waals surface area contributed by atoms with Gasteiger partial charge in [-0.05, 0) is 52.2 Å². The monoisotopic (exact) mass is 280 g/mol. The van der Waals surface area contributed by atoms with Gasteiger partial charge in [-0.15, -0.1) is 0 Å². The predicted octanol–water partition coefficient (Wildman–Crippen LogP) is 4.63. The summed E-state index contributed by atoms with van der Waals surface area (Å²) in [5, 5.41) is 4.12. The average molecular weight is 280 g/mol. The maximum atomic E-state index is 12.0. The first-order chi connectivity index (χ1) is 9.83. The van der Waals surface area contributed by atoms with Gasteiger partial charge in [-0.3, -0.25) is 0 Å². The standard InChI is InChI=1S/C17H12O2S/c18-17(19-16-4-2-1-3-5-16)14-8-6-13(7-9-14)15-10-11-20-12-15/h1-12H. The first-order valence-corrected chi connectivity index (χ1v) is 7.17. The van der Waals surface area contributed by atoms with E-state index in [1.54, 1.807) is 35.6 Å². The number of rotatable bonds is 3. The molecule has 0 bridgehead atoms. The normalized spacial score (nSPS) is 10.2. The van der Waals surface area contributed by atoms with Crippen molar-refractivity contribution in [1.29, 1.82) is 0 Å². The van der Waals surface area contributed by atoms with E-state index in [2.05, 4.69) is 11.4 Å². The first kappa shape index (κ1) is 12.6. The minimum absolute atomic E-state index is 0.340. The summed E-state index contributed by atoms with van der Waals surface area (Å²) in [4.78, 5) is 12.0. The van der Waals surface area contributed by atoms with Crippen LogP contribution >= 0.6 is 11.3 Å². The number of esters is 1. The van der Waals surface area contributed by atoms with Crippen LogP contribution in [-0.4, -0.2) is 5.97 Å². The van der Waals surface area contributed by atoms with E-state index in [1.807, 2.05) is 35.7 Å². The second-order valence-electron chi connectivity index (χ2n) is 4.29. The summed E-state index contributed by atoms with van der Waals surface area (Å²) in [6.45, 7) is 0. The molecule has 0 N–H and O–H groups in total. The van der Waals surface area contributed by atoms with Gasteiger partial charge >= 0.3 is 5.97 Å². The topological polar surface area (TPSA) is 26.3 Å². The van der Waals surface area contributed by atoms with Gasteiger partial charge in [-0.1, -0.05) is 30.3 Å². The summed E-state index contributed by atoms with van der Waals surface area (Å²) in [5.74, 6) is 0.215. The third-order valence-electron chi connectivity index (χ3n) is 2.93. The molecule has 0 spiro atoms. The minimum atomic E-state index is -0.340. The van der Waals surface area contributed by atoms with Gasteiger partial charge in [0, 0.05) is 0 Å². The minimum Gasteiger partial charge on any atom is -0.423 e. The molecule has 2 aromatic carbocycles. The summed E-state index contributed by atoms with van der Waals surface area (Å²) in [5.41, 5.74) is 2.81. The number of benzene rings is 2. The van der Waals surface area contributed by atoms with E-state index < -0.39 is 0 Å². The zero-order valence-corrected chi connectivity index (χ0v) is 11.5. The van der Waals surface area contributed by atoms with Gasteiger partial charge in [-0.2, -0.15) is 11.3 Å². The predicted molar refractivity (Wildman–Crippen MR) is 81.2 cm³/mol. The van der Waals surface area contributed by atoms with Crippen LogP contribution in [0.3, 0.4) is 0 Å². The highest BCUT2D eigenvalue weighted by Crippen LogP contribution is 2.22. The Morgan fingerprint density at radius 2 is 1.60 bits per heavy atom. The van der Waals surface area contributed by atoms with Gasteiger partial charge in [0.15, 0.2) is 0 Å². The Hall–Kier alpha value is -2.39. The SMILES string of the molecule is O=C(Oc1ccccc1)c1ccc(-c2ccsc2)cc1. The van der Waals surface area contributed by atoms with E-state index in [-0.39, 0.29) is 5.97 Å². The molecular formula is C17H12O2S. The molecule has 0 aliphatic rings. The lowest BCUT2D eigenvalue weighted by Crippen LogP contribution is -2.08. The molecule has 1 heterocycles. The summed E-state index contributed by atoms with van der Waals surface area (Å²) >= 11 is 1.66. The Labute approximate surface area is 121 Å². The maximum absolute atomic E-state index is 12.0. The fourth-order valence-electron chi connectivity index (χ4n) is 1.88. The van der Waals surface area contributed by atoms with Crippen molar-refractivity contribution >= 4 is 17.3 Å². The van der Waals surface area contributed by atoms with Gasteiger partial charge in [0.2, 0.25) is 0 Å². The van der Waals surface area contributed by atoms with Crippen molar-refractivity contribution in [3.05, 3.63) is 77.0 Å². The van der Waals surface area contributed by atoms with E-state index in [1.165, 1.54) is 0 Å². The smallest absolute Gasteiger partial charge is 0.343 e. The van der Waals surface area contributed by atoms with E-state index in [9.17, 15) is 4.79 Å². The first-order valence-electron chi connectivity index (χ1n) is 6.23. The lowest BCUT2D eigenvalue weighted by Gasteiger charge is -2.04. The van der Waals surface area contributed by atoms with Crippen LogP contribution in [0.1, 0.15) is 10.4 Å². The fraction of sp³-hybridized carbons (Fsp3) is 0. The van der Waals surface area contributed by atoms with Crippen LogP contribution in [0.2, 0.25) is 0 Å². The molecule has 3 aromatic rings. The van der Waals surface area contributed by atoms with Crippen LogP contribution in [0.15, 0.2) is 71.4 Å². The number of hydrogen-bond donors (Lipinski definition) is 0. The Morgan fingerprint density at radius 1 is 0.850 bits per heavy atom. The van der Waals surface area contributed by atoms with Crippen molar-refractivity contribution in [2.24, 2.45) is 0 Å². The van der Waals surface area contributed by atoms with Gasteiger partial charge in [0.25, 0.3) is 0 Å². The van der Waals surface area contributed by atoms with Crippen LogP contribution in [0, 0.1) is 0 Å². The summed E-state index contributed by atoms with van der Waals surface area (Å²) < 4.78 is 5.29. The fourth-order valence-corrected chi connectivity index (χ4v) is 2.55. The molecule has 0 aliphatic heterocycles. The highest BCUT2D eigenvalue weighted by Gasteiger charge is 2.08. The molecule has 0 fully saturated rings. The second-order valence-corrected chi connectivity index (χ2v) is 5.07. The van der Waals surface area contributed by atoms with Crippen LogP contribution in [-0.2, 0) is 0 Å². The van der Waals surface area contributed by atoms with E-state index >= 15 is 0 Å². The molecule has 3 rings (SSSR count). The quantitative estimate of drug-likeness (QED) is 0.516. The molecule has 0 saturated carbocycles. The summed E-state index contributed by atoms with van der Waals surface area (Å²) in [6, 6.07) is 18.6. The molecule has 0 amide bonds. The molecule has 1 aromatic heterocycles. The Kier molecular flexibility index (Phi) is 3.61. The summed E-state index contributed by atoms with van der Waals surface area (Å²) in [6.07, 6.45) is 0. The highest BCUT2D eigenvalue weighted by molar-refractivity contribution is 7.08. The lowest BCUT2D eigenvalue weighted by molar-refractivity contribution is 0.0735. The van der Waals surface area contributed by atoms with Crippen LogP contribution in [0.25, 0.3) is 11.1 Å². The van der Waals surface area contributed by atoms with Gasteiger partial charge in [0.1, 0.15) is 5.75 Å². The second kappa shape index (κ2) is 5.72. The number of ether oxygens (including phenoxy) is 1. The number of para-hydroxylation sites is 1. The van der Waals surface area contributed by atoms with Crippen molar-refractivity contribution < 1.29 is 9.53 Å². The largest absolute Gasteiger partial charge is 0.423 e. The van der Waals surface area contributed by atoms with Crippen molar-refractivity contribution in [2.75, 3.05) is 0 Å². The molecular weight excluding hydrogens is 268 g/mol. The maximum Gasteiger partial charge on any atom is 0.343 e. The number of carbonyl (C=O) groups excluding carboxylic acids is 1. The molecule has 0 unspecified atom stereocenters. The molecule has 0 saturated heterocycles. The Balaban J connectivity index is 1.76. The lowest BCUT2D eigenvalue weighted by atomic mass is 10.1. The van der Waals surface area contributed by atoms with E-state index in [4.69, 9.17) is 4.74 Å². The molecule has 20 heavy (non-hydrogen) atoms. The molecule has 0 atom stereocenters. The van der Waals surface area contributed by atoms with Gasteiger partial charge in [0.05, 0.1) is 5.56 Å². The van der Waals surface area contributed by atoms with Crippen LogP contribution in [0.4, 0.5) is 0 Å². The highest BCUT2D eigenvalue weighted by atomic mass is 32.1. The zero-order chi connectivity index (χ0) is 13.8. The Bertz CT molecular complexity index is 686. The molecule has 3 heteroatoms. The average Bonchev–Trinajstić information content (AvgIpc) is 3.03. The van der Waals surface area contributed by atoms with E-state index in [0.29, 0.717) is 11.3 Å². The van der Waals surface area contributed by atoms with Crippen molar-refractivity contribution in [2.45, 2.75) is 0 Å². The number of hydrogen-bond acceptors (Lipinski definition) is 3. The van der Waals surface area contributed by atoms with Crippen LogP contribution < -0.4 is 4.74 Å². The molecule has 0 aliphatic carbocycles. The van der Waals surface area contributed by atoms with Crippen molar-refractivity contribution in [3.8, 4) is 16.9 Å². The third-order valence-corrected chi connectivity index (χ3v) is 3.61. The Morgan fingerprint density at radius 3 is 2.25 bits per heavy atom. The van der Waals surface area contributed by atoms with Crippen molar-refractivity contribution in [3.63, 3.8) is 0 Å². The summed E-state index contributed by atoms with van der Waals surface area (Å²) in [7, 11) is 0. The number of carbonyl (C=O) groups is 1.